The Hall–Kier alpha value is -2.05. The summed E-state index contributed by atoms with van der Waals surface area (Å²) >= 11 is 2.96. The minimum atomic E-state index is -1.01. The third-order valence-electron chi connectivity index (χ3n) is 2.62. The summed E-state index contributed by atoms with van der Waals surface area (Å²) in [5.41, 5.74) is 1.24. The zero-order valence-corrected chi connectivity index (χ0v) is 12.8. The molecule has 0 unspecified atom stereocenters. The molecule has 2 rings (SSSR count). The van der Waals surface area contributed by atoms with E-state index in [1.165, 1.54) is 17.4 Å². The number of carbonyl (C=O) groups excluding carboxylic acids is 1. The Balaban J connectivity index is 2.04. The molecule has 0 saturated carbocycles. The maximum atomic E-state index is 12.1. The first-order valence-corrected chi connectivity index (χ1v) is 8.14. The standard InChI is InChI=1S/C15H13NO3S2/c1-20-12-4-2-11(3-5-12)16-15(19)10-8-13(21-9-10)6-7-14(17)18/h2-9H,1H3,(H,16,19)(H,17,18). The molecule has 108 valence electrons. The van der Waals surface area contributed by atoms with E-state index in [1.807, 2.05) is 30.5 Å². The van der Waals surface area contributed by atoms with Crippen LogP contribution in [0, 0.1) is 0 Å². The van der Waals surface area contributed by atoms with Gasteiger partial charge in [0.25, 0.3) is 5.91 Å². The van der Waals surface area contributed by atoms with Crippen molar-refractivity contribution in [3.05, 3.63) is 52.2 Å². The van der Waals surface area contributed by atoms with Crippen molar-refractivity contribution < 1.29 is 14.7 Å². The van der Waals surface area contributed by atoms with E-state index < -0.39 is 5.97 Å². The lowest BCUT2D eigenvalue weighted by Gasteiger charge is -2.04. The fourth-order valence-electron chi connectivity index (χ4n) is 1.59. The second-order valence-electron chi connectivity index (χ2n) is 4.09. The quantitative estimate of drug-likeness (QED) is 0.649. The van der Waals surface area contributed by atoms with Gasteiger partial charge in [0.15, 0.2) is 0 Å². The number of carboxylic acid groups (broad SMARTS) is 1. The van der Waals surface area contributed by atoms with Gasteiger partial charge in [-0.2, -0.15) is 0 Å². The summed E-state index contributed by atoms with van der Waals surface area (Å²) in [6.07, 6.45) is 4.51. The Morgan fingerprint density at radius 1 is 1.29 bits per heavy atom. The molecule has 6 heteroatoms. The van der Waals surface area contributed by atoms with E-state index >= 15 is 0 Å². The van der Waals surface area contributed by atoms with E-state index in [0.29, 0.717) is 5.56 Å². The van der Waals surface area contributed by atoms with Gasteiger partial charge in [-0.3, -0.25) is 4.79 Å². The average Bonchev–Trinajstić information content (AvgIpc) is 2.95. The van der Waals surface area contributed by atoms with Crippen LogP contribution in [0.15, 0.2) is 46.7 Å². The Labute approximate surface area is 130 Å². The van der Waals surface area contributed by atoms with Gasteiger partial charge in [-0.25, -0.2) is 4.79 Å². The second-order valence-corrected chi connectivity index (χ2v) is 5.91. The lowest BCUT2D eigenvalue weighted by molar-refractivity contribution is -0.131. The number of hydrogen-bond acceptors (Lipinski definition) is 4. The number of thiophene rings is 1. The van der Waals surface area contributed by atoms with E-state index in [9.17, 15) is 9.59 Å². The number of benzene rings is 1. The van der Waals surface area contributed by atoms with E-state index in [0.717, 1.165) is 21.5 Å². The van der Waals surface area contributed by atoms with Crippen LogP contribution in [0.2, 0.25) is 0 Å². The SMILES string of the molecule is CSc1ccc(NC(=O)c2csc(C=CC(=O)O)c2)cc1. The maximum absolute atomic E-state index is 12.1. The number of carbonyl (C=O) groups is 2. The highest BCUT2D eigenvalue weighted by Crippen LogP contribution is 2.20. The molecule has 1 amide bonds. The first kappa shape index (κ1) is 15.3. The third-order valence-corrected chi connectivity index (χ3v) is 4.26. The summed E-state index contributed by atoms with van der Waals surface area (Å²) < 4.78 is 0. The minimum Gasteiger partial charge on any atom is -0.478 e. The van der Waals surface area contributed by atoms with Gasteiger partial charge in [-0.1, -0.05) is 0 Å². The first-order valence-electron chi connectivity index (χ1n) is 6.03. The monoisotopic (exact) mass is 319 g/mol. The molecule has 0 saturated heterocycles. The molecule has 0 fully saturated rings. The number of amides is 1. The van der Waals surface area contributed by atoms with Crippen LogP contribution in [-0.4, -0.2) is 23.2 Å². The molecule has 0 aliphatic rings. The topological polar surface area (TPSA) is 66.4 Å². The summed E-state index contributed by atoms with van der Waals surface area (Å²) in [5.74, 6) is -1.22. The molecule has 0 spiro atoms. The van der Waals surface area contributed by atoms with Crippen molar-refractivity contribution >= 4 is 46.7 Å². The molecule has 2 N–H and O–H groups in total. The van der Waals surface area contributed by atoms with Crippen molar-refractivity contribution in [3.8, 4) is 0 Å². The minimum absolute atomic E-state index is 0.210. The predicted octanol–water partition coefficient (Wildman–Crippen LogP) is 3.82. The molecule has 2 aromatic rings. The van der Waals surface area contributed by atoms with Crippen LogP contribution in [0.4, 0.5) is 5.69 Å². The number of thioether (sulfide) groups is 1. The molecule has 21 heavy (non-hydrogen) atoms. The van der Waals surface area contributed by atoms with Gasteiger partial charge in [0, 0.05) is 26.9 Å². The molecule has 1 heterocycles. The molecule has 0 aliphatic carbocycles. The molecular weight excluding hydrogens is 306 g/mol. The Morgan fingerprint density at radius 2 is 2.00 bits per heavy atom. The molecule has 0 bridgehead atoms. The van der Waals surface area contributed by atoms with Crippen molar-refractivity contribution in [1.29, 1.82) is 0 Å². The van der Waals surface area contributed by atoms with Gasteiger partial charge in [0.1, 0.15) is 0 Å². The van der Waals surface area contributed by atoms with Crippen molar-refractivity contribution in [3.63, 3.8) is 0 Å². The normalized spacial score (nSPS) is 10.7. The number of nitrogens with one attached hydrogen (secondary N) is 1. The number of aliphatic carboxylic acids is 1. The van der Waals surface area contributed by atoms with Crippen LogP contribution >= 0.6 is 23.1 Å². The Bertz CT molecular complexity index is 674. The zero-order chi connectivity index (χ0) is 15.2. The van der Waals surface area contributed by atoms with Crippen molar-refractivity contribution in [2.24, 2.45) is 0 Å². The Morgan fingerprint density at radius 3 is 2.62 bits per heavy atom. The number of hydrogen-bond donors (Lipinski definition) is 2. The smallest absolute Gasteiger partial charge is 0.328 e. The van der Waals surface area contributed by atoms with E-state index in [-0.39, 0.29) is 5.91 Å². The summed E-state index contributed by atoms with van der Waals surface area (Å²) in [6.45, 7) is 0. The van der Waals surface area contributed by atoms with Crippen molar-refractivity contribution in [1.82, 2.24) is 0 Å². The number of carboxylic acids is 1. The van der Waals surface area contributed by atoms with Crippen LogP contribution in [0.5, 0.6) is 0 Å². The van der Waals surface area contributed by atoms with Crippen molar-refractivity contribution in [2.45, 2.75) is 4.90 Å². The summed E-state index contributed by atoms with van der Waals surface area (Å²) in [6, 6.07) is 9.24. The van der Waals surface area contributed by atoms with Gasteiger partial charge in [-0.15, -0.1) is 23.1 Å². The Kier molecular flexibility index (Phi) is 5.19. The summed E-state index contributed by atoms with van der Waals surface area (Å²) in [4.78, 5) is 24.4. The van der Waals surface area contributed by atoms with Crippen molar-refractivity contribution in [2.75, 3.05) is 11.6 Å². The molecular formula is C15H13NO3S2. The third kappa shape index (κ3) is 4.47. The van der Waals surface area contributed by atoms with E-state index in [4.69, 9.17) is 5.11 Å². The molecule has 0 aliphatic heterocycles. The largest absolute Gasteiger partial charge is 0.478 e. The molecule has 1 aromatic carbocycles. The van der Waals surface area contributed by atoms with Crippen LogP contribution < -0.4 is 5.32 Å². The van der Waals surface area contributed by atoms with Crippen LogP contribution in [0.3, 0.4) is 0 Å². The molecule has 4 nitrogen and oxygen atoms in total. The van der Waals surface area contributed by atoms with Crippen LogP contribution in [-0.2, 0) is 4.79 Å². The average molecular weight is 319 g/mol. The number of anilines is 1. The highest BCUT2D eigenvalue weighted by Gasteiger charge is 2.08. The van der Waals surface area contributed by atoms with Crippen LogP contribution in [0.1, 0.15) is 15.2 Å². The highest BCUT2D eigenvalue weighted by atomic mass is 32.2. The maximum Gasteiger partial charge on any atom is 0.328 e. The number of rotatable bonds is 5. The summed E-state index contributed by atoms with van der Waals surface area (Å²) in [7, 11) is 0. The zero-order valence-electron chi connectivity index (χ0n) is 11.2. The van der Waals surface area contributed by atoms with Crippen LogP contribution in [0.25, 0.3) is 6.08 Å². The van der Waals surface area contributed by atoms with E-state index in [2.05, 4.69) is 5.32 Å². The molecule has 0 radical (unpaired) electrons. The summed E-state index contributed by atoms with van der Waals surface area (Å²) in [5, 5.41) is 13.1. The molecule has 1 aromatic heterocycles. The first-order chi connectivity index (χ1) is 10.1. The second kappa shape index (κ2) is 7.10. The lowest BCUT2D eigenvalue weighted by Crippen LogP contribution is -2.10. The van der Waals surface area contributed by atoms with Gasteiger partial charge in [-0.05, 0) is 42.7 Å². The van der Waals surface area contributed by atoms with Gasteiger partial charge in [0.05, 0.1) is 5.56 Å². The predicted molar refractivity (Wildman–Crippen MR) is 87.2 cm³/mol. The highest BCUT2D eigenvalue weighted by molar-refractivity contribution is 7.98. The van der Waals surface area contributed by atoms with Gasteiger partial charge < -0.3 is 10.4 Å². The van der Waals surface area contributed by atoms with Gasteiger partial charge >= 0.3 is 5.97 Å². The fourth-order valence-corrected chi connectivity index (χ4v) is 2.78. The fraction of sp³-hybridized carbons (Fsp3) is 0.0667. The van der Waals surface area contributed by atoms with E-state index in [1.54, 1.807) is 23.2 Å². The van der Waals surface area contributed by atoms with Gasteiger partial charge in [0.2, 0.25) is 0 Å². The molecule has 0 atom stereocenters. The lowest BCUT2D eigenvalue weighted by atomic mass is 10.2.